The smallest absolute Gasteiger partial charge is 0.450 e. The molecular formula is C15H30O3. The van der Waals surface area contributed by atoms with E-state index in [1.54, 1.807) is 0 Å². The minimum atomic E-state index is -1.12. The number of hydrogen-bond acceptors (Lipinski definition) is 2. The number of hydrogen-bond donors (Lipinski definition) is 1. The van der Waals surface area contributed by atoms with Gasteiger partial charge in [-0.3, -0.25) is 0 Å². The Hall–Kier alpha value is -0.730. The van der Waals surface area contributed by atoms with Crippen molar-refractivity contribution < 1.29 is 14.6 Å². The Balaban J connectivity index is 3.61. The lowest BCUT2D eigenvalue weighted by atomic mass is 10.0. The molecule has 0 radical (unpaired) electrons. The van der Waals surface area contributed by atoms with Gasteiger partial charge in [0.25, 0.3) is 0 Å². The fourth-order valence-corrected chi connectivity index (χ4v) is 2.18. The van der Waals surface area contributed by atoms with E-state index in [1.807, 2.05) is 0 Å². The summed E-state index contributed by atoms with van der Waals surface area (Å²) in [6.45, 7) is 4.37. The molecule has 0 aliphatic heterocycles. The van der Waals surface area contributed by atoms with E-state index < -0.39 is 6.16 Å². The van der Waals surface area contributed by atoms with E-state index in [1.165, 1.54) is 32.1 Å². The lowest BCUT2D eigenvalue weighted by molar-refractivity contribution is 0.0423. The number of rotatable bonds is 12. The van der Waals surface area contributed by atoms with Crippen molar-refractivity contribution in [3.05, 3.63) is 0 Å². The maximum Gasteiger partial charge on any atom is 0.506 e. The molecule has 0 heterocycles. The van der Waals surface area contributed by atoms with Gasteiger partial charge >= 0.3 is 6.16 Å². The fourth-order valence-electron chi connectivity index (χ4n) is 2.18. The van der Waals surface area contributed by atoms with Crippen LogP contribution in [0.3, 0.4) is 0 Å². The van der Waals surface area contributed by atoms with Crippen LogP contribution in [-0.4, -0.2) is 17.4 Å². The highest BCUT2D eigenvalue weighted by Crippen LogP contribution is 2.15. The molecular weight excluding hydrogens is 228 g/mol. The lowest BCUT2D eigenvalue weighted by Gasteiger charge is -2.15. The minimum absolute atomic E-state index is 0.0831. The molecule has 1 N–H and O–H groups in total. The maximum atomic E-state index is 10.6. The van der Waals surface area contributed by atoms with Crippen molar-refractivity contribution in [1.29, 1.82) is 0 Å². The van der Waals surface area contributed by atoms with Gasteiger partial charge in [-0.1, -0.05) is 58.8 Å². The summed E-state index contributed by atoms with van der Waals surface area (Å²) in [5, 5.41) is 8.69. The first-order valence-corrected chi connectivity index (χ1v) is 7.60. The Bertz CT molecular complexity index is 192. The Morgan fingerprint density at radius 1 is 0.889 bits per heavy atom. The molecule has 3 nitrogen and oxygen atoms in total. The van der Waals surface area contributed by atoms with Gasteiger partial charge in [-0.15, -0.1) is 0 Å². The van der Waals surface area contributed by atoms with Gasteiger partial charge in [-0.2, -0.15) is 0 Å². The summed E-state index contributed by atoms with van der Waals surface area (Å²) in [4.78, 5) is 10.6. The van der Waals surface area contributed by atoms with Crippen molar-refractivity contribution in [2.24, 2.45) is 0 Å². The first-order chi connectivity index (χ1) is 8.70. The number of carbonyl (C=O) groups is 1. The van der Waals surface area contributed by atoms with E-state index in [0.717, 1.165) is 38.5 Å². The van der Waals surface area contributed by atoms with Crippen molar-refractivity contribution >= 4 is 6.16 Å². The van der Waals surface area contributed by atoms with Gasteiger partial charge in [0.05, 0.1) is 0 Å². The Kier molecular flexibility index (Phi) is 12.2. The SMILES string of the molecule is CCCCCCCCC(CCCCC)OC(=O)O. The van der Waals surface area contributed by atoms with Crippen LogP contribution in [0.4, 0.5) is 4.79 Å². The van der Waals surface area contributed by atoms with Gasteiger partial charge in [0, 0.05) is 0 Å². The molecule has 0 amide bonds. The quantitative estimate of drug-likeness (QED) is 0.377. The monoisotopic (exact) mass is 258 g/mol. The molecule has 0 saturated carbocycles. The van der Waals surface area contributed by atoms with Crippen LogP contribution >= 0.6 is 0 Å². The van der Waals surface area contributed by atoms with Crippen molar-refractivity contribution in [3.8, 4) is 0 Å². The molecule has 3 heteroatoms. The third-order valence-corrected chi connectivity index (χ3v) is 3.28. The van der Waals surface area contributed by atoms with Crippen LogP contribution in [0.25, 0.3) is 0 Å². The first kappa shape index (κ1) is 17.3. The van der Waals surface area contributed by atoms with E-state index in [9.17, 15) is 4.79 Å². The normalized spacial score (nSPS) is 12.3. The van der Waals surface area contributed by atoms with Crippen molar-refractivity contribution in [2.45, 2.75) is 90.6 Å². The number of carboxylic acid groups (broad SMARTS) is 1. The van der Waals surface area contributed by atoms with Crippen molar-refractivity contribution in [3.63, 3.8) is 0 Å². The van der Waals surface area contributed by atoms with Gasteiger partial charge in [-0.25, -0.2) is 4.79 Å². The zero-order valence-electron chi connectivity index (χ0n) is 12.1. The van der Waals surface area contributed by atoms with Gasteiger partial charge in [0.2, 0.25) is 0 Å². The molecule has 0 aliphatic rings. The average molecular weight is 258 g/mol. The Labute approximate surface area is 112 Å². The van der Waals surface area contributed by atoms with Gasteiger partial charge in [-0.05, 0) is 25.7 Å². The third kappa shape index (κ3) is 11.7. The summed E-state index contributed by atoms with van der Waals surface area (Å²) in [6.07, 6.45) is 11.4. The Morgan fingerprint density at radius 2 is 1.33 bits per heavy atom. The number of unbranched alkanes of at least 4 members (excludes halogenated alkanes) is 7. The van der Waals surface area contributed by atoms with Crippen LogP contribution in [0.5, 0.6) is 0 Å². The lowest BCUT2D eigenvalue weighted by Crippen LogP contribution is -2.16. The summed E-state index contributed by atoms with van der Waals surface area (Å²) in [6, 6.07) is 0. The largest absolute Gasteiger partial charge is 0.506 e. The third-order valence-electron chi connectivity index (χ3n) is 3.28. The van der Waals surface area contributed by atoms with E-state index in [2.05, 4.69) is 13.8 Å². The van der Waals surface area contributed by atoms with Gasteiger partial charge in [0.1, 0.15) is 6.10 Å². The average Bonchev–Trinajstić information content (AvgIpc) is 2.33. The molecule has 0 rings (SSSR count). The van der Waals surface area contributed by atoms with E-state index in [4.69, 9.17) is 9.84 Å². The molecule has 0 aromatic carbocycles. The second kappa shape index (κ2) is 12.7. The molecule has 1 unspecified atom stereocenters. The molecule has 0 aromatic rings. The highest BCUT2D eigenvalue weighted by Gasteiger charge is 2.12. The van der Waals surface area contributed by atoms with Crippen LogP contribution in [0.15, 0.2) is 0 Å². The summed E-state index contributed by atoms with van der Waals surface area (Å²) in [5.74, 6) is 0. The summed E-state index contributed by atoms with van der Waals surface area (Å²) in [7, 11) is 0. The summed E-state index contributed by atoms with van der Waals surface area (Å²) >= 11 is 0. The molecule has 18 heavy (non-hydrogen) atoms. The molecule has 0 saturated heterocycles. The van der Waals surface area contributed by atoms with Gasteiger partial charge in [0.15, 0.2) is 0 Å². The fraction of sp³-hybridized carbons (Fsp3) is 0.933. The van der Waals surface area contributed by atoms with E-state index in [0.29, 0.717) is 0 Å². The van der Waals surface area contributed by atoms with Crippen LogP contribution in [-0.2, 0) is 4.74 Å². The van der Waals surface area contributed by atoms with Crippen molar-refractivity contribution in [2.75, 3.05) is 0 Å². The predicted octanol–water partition coefficient (Wildman–Crippen LogP) is 5.38. The molecule has 108 valence electrons. The topological polar surface area (TPSA) is 46.5 Å². The highest BCUT2D eigenvalue weighted by molar-refractivity contribution is 5.57. The summed E-state index contributed by atoms with van der Waals surface area (Å²) in [5.41, 5.74) is 0. The molecule has 1 atom stereocenters. The van der Waals surface area contributed by atoms with Crippen LogP contribution in [0.2, 0.25) is 0 Å². The molecule has 0 aromatic heterocycles. The standard InChI is InChI=1S/C15H30O3/c1-3-5-7-8-9-11-13-14(18-15(16)17)12-10-6-4-2/h14H,3-13H2,1-2H3,(H,16,17). The van der Waals surface area contributed by atoms with Crippen molar-refractivity contribution in [1.82, 2.24) is 0 Å². The molecule has 0 bridgehead atoms. The van der Waals surface area contributed by atoms with E-state index >= 15 is 0 Å². The predicted molar refractivity (Wildman–Crippen MR) is 75.0 cm³/mol. The second-order valence-corrected chi connectivity index (χ2v) is 5.06. The van der Waals surface area contributed by atoms with E-state index in [-0.39, 0.29) is 6.10 Å². The second-order valence-electron chi connectivity index (χ2n) is 5.06. The molecule has 0 spiro atoms. The first-order valence-electron chi connectivity index (χ1n) is 7.60. The zero-order chi connectivity index (χ0) is 13.6. The van der Waals surface area contributed by atoms with Crippen LogP contribution < -0.4 is 0 Å². The molecule has 0 fully saturated rings. The van der Waals surface area contributed by atoms with Crippen LogP contribution in [0, 0.1) is 0 Å². The maximum absolute atomic E-state index is 10.6. The highest BCUT2D eigenvalue weighted by atomic mass is 16.7. The van der Waals surface area contributed by atoms with Crippen LogP contribution in [0.1, 0.15) is 84.5 Å². The van der Waals surface area contributed by atoms with Gasteiger partial charge < -0.3 is 9.84 Å². The number of ether oxygens (including phenoxy) is 1. The Morgan fingerprint density at radius 3 is 1.89 bits per heavy atom. The minimum Gasteiger partial charge on any atom is -0.450 e. The molecule has 0 aliphatic carbocycles. The summed E-state index contributed by atoms with van der Waals surface area (Å²) < 4.78 is 4.94. The zero-order valence-corrected chi connectivity index (χ0v) is 12.1.